The number of hydrogen-bond donors (Lipinski definition) is 1. The Kier molecular flexibility index (Phi) is 7.07. The van der Waals surface area contributed by atoms with Gasteiger partial charge in [0.05, 0.1) is 24.8 Å². The molecule has 0 spiro atoms. The Balaban J connectivity index is 1.98. The van der Waals surface area contributed by atoms with Crippen LogP contribution in [-0.4, -0.2) is 45.0 Å². The molecule has 0 aromatic heterocycles. The van der Waals surface area contributed by atoms with E-state index in [-0.39, 0.29) is 11.8 Å². The minimum atomic E-state index is -0.189. The molecule has 2 aromatic rings. The van der Waals surface area contributed by atoms with E-state index in [4.69, 9.17) is 21.1 Å². The number of aryl methyl sites for hydroxylation is 1. The number of hydrogen-bond acceptors (Lipinski definition) is 4. The summed E-state index contributed by atoms with van der Waals surface area (Å²) < 4.78 is 10.5. The number of methoxy groups -OCH3 is 2. The first-order chi connectivity index (χ1) is 12.8. The molecular formula is C20H23ClN2O4. The summed E-state index contributed by atoms with van der Waals surface area (Å²) in [6, 6.07) is 10.4. The fourth-order valence-electron chi connectivity index (χ4n) is 2.52. The van der Waals surface area contributed by atoms with Crippen molar-refractivity contribution in [3.05, 3.63) is 52.5 Å². The number of carbonyl (C=O) groups is 2. The van der Waals surface area contributed by atoms with Crippen LogP contribution in [0.2, 0.25) is 5.02 Å². The van der Waals surface area contributed by atoms with Gasteiger partial charge in [-0.1, -0.05) is 17.7 Å². The van der Waals surface area contributed by atoms with Crippen molar-refractivity contribution in [2.45, 2.75) is 12.8 Å². The van der Waals surface area contributed by atoms with Gasteiger partial charge in [-0.3, -0.25) is 9.59 Å². The summed E-state index contributed by atoms with van der Waals surface area (Å²) in [6.07, 6.45) is 0.850. The molecule has 0 unspecified atom stereocenters. The van der Waals surface area contributed by atoms with Crippen LogP contribution in [0.15, 0.2) is 36.4 Å². The van der Waals surface area contributed by atoms with Gasteiger partial charge in [-0.25, -0.2) is 0 Å². The first-order valence-electron chi connectivity index (χ1n) is 8.37. The van der Waals surface area contributed by atoms with Crippen LogP contribution in [0, 0.1) is 0 Å². The molecule has 0 bridgehead atoms. The molecule has 0 aliphatic heterocycles. The average molecular weight is 391 g/mol. The molecule has 2 aromatic carbocycles. The van der Waals surface area contributed by atoms with Crippen LogP contribution in [0.4, 0.5) is 5.69 Å². The summed E-state index contributed by atoms with van der Waals surface area (Å²) >= 11 is 6.16. The van der Waals surface area contributed by atoms with Crippen LogP contribution in [0.1, 0.15) is 22.3 Å². The standard InChI is InChI=1S/C20H23ClN2O4/c1-23(2)20(25)15-8-7-14(12-16(15)21)22-19(24)10-6-13-5-9-17(26-3)18(11-13)27-4/h5,7-9,11-12H,6,10H2,1-4H3,(H,22,24). The summed E-state index contributed by atoms with van der Waals surface area (Å²) in [5.41, 5.74) is 1.91. The van der Waals surface area contributed by atoms with Crippen molar-refractivity contribution in [3.8, 4) is 11.5 Å². The molecule has 0 saturated heterocycles. The number of carbonyl (C=O) groups excluding carboxylic acids is 2. The molecule has 0 aliphatic carbocycles. The van der Waals surface area contributed by atoms with E-state index in [2.05, 4.69) is 5.32 Å². The van der Waals surface area contributed by atoms with Crippen molar-refractivity contribution in [1.82, 2.24) is 4.90 Å². The van der Waals surface area contributed by atoms with E-state index in [1.54, 1.807) is 46.5 Å². The zero-order chi connectivity index (χ0) is 20.0. The van der Waals surface area contributed by atoms with Crippen LogP contribution < -0.4 is 14.8 Å². The summed E-state index contributed by atoms with van der Waals surface area (Å²) in [5.74, 6) is 0.940. The highest BCUT2D eigenvalue weighted by molar-refractivity contribution is 6.34. The summed E-state index contributed by atoms with van der Waals surface area (Å²) in [6.45, 7) is 0. The fourth-order valence-corrected chi connectivity index (χ4v) is 2.79. The van der Waals surface area contributed by atoms with Crippen LogP contribution >= 0.6 is 11.6 Å². The van der Waals surface area contributed by atoms with Gasteiger partial charge in [-0.05, 0) is 42.3 Å². The molecule has 0 saturated carbocycles. The SMILES string of the molecule is COc1ccc(CCC(=O)Nc2ccc(C(=O)N(C)C)c(Cl)c2)cc1OC. The molecule has 0 heterocycles. The highest BCUT2D eigenvalue weighted by Gasteiger charge is 2.13. The first-order valence-corrected chi connectivity index (χ1v) is 8.75. The maximum Gasteiger partial charge on any atom is 0.254 e. The van der Waals surface area contributed by atoms with Gasteiger partial charge in [0.25, 0.3) is 5.91 Å². The van der Waals surface area contributed by atoms with Gasteiger partial charge >= 0.3 is 0 Å². The number of amides is 2. The second kappa shape index (κ2) is 9.28. The Morgan fingerprint density at radius 3 is 2.33 bits per heavy atom. The molecule has 27 heavy (non-hydrogen) atoms. The highest BCUT2D eigenvalue weighted by Crippen LogP contribution is 2.28. The summed E-state index contributed by atoms with van der Waals surface area (Å²) in [5, 5.41) is 3.09. The monoisotopic (exact) mass is 390 g/mol. The molecule has 0 atom stereocenters. The molecular weight excluding hydrogens is 368 g/mol. The Bertz CT molecular complexity index is 837. The lowest BCUT2D eigenvalue weighted by Crippen LogP contribution is -2.22. The Morgan fingerprint density at radius 1 is 1.04 bits per heavy atom. The zero-order valence-electron chi connectivity index (χ0n) is 15.8. The van der Waals surface area contributed by atoms with E-state index in [9.17, 15) is 9.59 Å². The van der Waals surface area contributed by atoms with Gasteiger partial charge in [0.2, 0.25) is 5.91 Å². The van der Waals surface area contributed by atoms with E-state index in [1.165, 1.54) is 4.90 Å². The molecule has 0 radical (unpaired) electrons. The number of nitrogens with zero attached hydrogens (tertiary/aromatic N) is 1. The third-order valence-corrected chi connectivity index (χ3v) is 4.29. The molecule has 2 rings (SSSR count). The molecule has 2 amide bonds. The molecule has 6 nitrogen and oxygen atoms in total. The summed E-state index contributed by atoms with van der Waals surface area (Å²) in [7, 11) is 6.46. The van der Waals surface area contributed by atoms with Crippen molar-refractivity contribution in [2.24, 2.45) is 0 Å². The lowest BCUT2D eigenvalue weighted by molar-refractivity contribution is -0.116. The average Bonchev–Trinajstić information content (AvgIpc) is 2.65. The van der Waals surface area contributed by atoms with Gasteiger partial charge in [0.15, 0.2) is 11.5 Å². The number of benzene rings is 2. The third kappa shape index (κ3) is 5.37. The third-order valence-electron chi connectivity index (χ3n) is 3.98. The van der Waals surface area contributed by atoms with Crippen LogP contribution in [0.5, 0.6) is 11.5 Å². The number of anilines is 1. The second-order valence-corrected chi connectivity index (χ2v) is 6.54. The Hall–Kier alpha value is -2.73. The first kappa shape index (κ1) is 20.6. The lowest BCUT2D eigenvalue weighted by atomic mass is 10.1. The van der Waals surface area contributed by atoms with Crippen molar-refractivity contribution in [2.75, 3.05) is 33.6 Å². The normalized spacial score (nSPS) is 10.3. The molecule has 0 fully saturated rings. The quantitative estimate of drug-likeness (QED) is 0.783. The molecule has 0 aliphatic rings. The Labute approximate surface area is 164 Å². The van der Waals surface area contributed by atoms with Gasteiger partial charge in [-0.15, -0.1) is 0 Å². The lowest BCUT2D eigenvalue weighted by Gasteiger charge is -2.13. The van der Waals surface area contributed by atoms with Crippen molar-refractivity contribution in [1.29, 1.82) is 0 Å². The number of ether oxygens (including phenoxy) is 2. The van der Waals surface area contributed by atoms with Gasteiger partial charge in [0.1, 0.15) is 0 Å². The molecule has 1 N–H and O–H groups in total. The predicted octanol–water partition coefficient (Wildman–Crippen LogP) is 3.63. The van der Waals surface area contributed by atoms with Crippen molar-refractivity contribution in [3.63, 3.8) is 0 Å². The van der Waals surface area contributed by atoms with E-state index in [1.807, 2.05) is 18.2 Å². The van der Waals surface area contributed by atoms with Crippen LogP contribution in [-0.2, 0) is 11.2 Å². The summed E-state index contributed by atoms with van der Waals surface area (Å²) in [4.78, 5) is 25.7. The smallest absolute Gasteiger partial charge is 0.254 e. The van der Waals surface area contributed by atoms with E-state index in [0.29, 0.717) is 40.6 Å². The van der Waals surface area contributed by atoms with Crippen LogP contribution in [0.3, 0.4) is 0 Å². The van der Waals surface area contributed by atoms with Crippen molar-refractivity contribution < 1.29 is 19.1 Å². The fraction of sp³-hybridized carbons (Fsp3) is 0.300. The largest absolute Gasteiger partial charge is 0.493 e. The molecule has 144 valence electrons. The van der Waals surface area contributed by atoms with E-state index >= 15 is 0 Å². The minimum absolute atomic E-state index is 0.146. The number of halogens is 1. The molecule has 7 heteroatoms. The maximum absolute atomic E-state index is 12.2. The Morgan fingerprint density at radius 2 is 1.74 bits per heavy atom. The zero-order valence-corrected chi connectivity index (χ0v) is 16.6. The topological polar surface area (TPSA) is 67.9 Å². The van der Waals surface area contributed by atoms with E-state index < -0.39 is 0 Å². The minimum Gasteiger partial charge on any atom is -0.493 e. The predicted molar refractivity (Wildman–Crippen MR) is 106 cm³/mol. The highest BCUT2D eigenvalue weighted by atomic mass is 35.5. The van der Waals surface area contributed by atoms with Crippen molar-refractivity contribution >= 4 is 29.1 Å². The van der Waals surface area contributed by atoms with E-state index in [0.717, 1.165) is 5.56 Å². The number of nitrogens with one attached hydrogen (secondary N) is 1. The van der Waals surface area contributed by atoms with Gasteiger partial charge in [0, 0.05) is 26.2 Å². The maximum atomic E-state index is 12.2. The second-order valence-electron chi connectivity index (χ2n) is 6.13. The van der Waals surface area contributed by atoms with Gasteiger partial charge in [-0.2, -0.15) is 0 Å². The van der Waals surface area contributed by atoms with Crippen LogP contribution in [0.25, 0.3) is 0 Å². The van der Waals surface area contributed by atoms with Gasteiger partial charge < -0.3 is 19.7 Å². The number of rotatable bonds is 7.